The van der Waals surface area contributed by atoms with E-state index in [1.54, 1.807) is 0 Å². The summed E-state index contributed by atoms with van der Waals surface area (Å²) in [5.74, 6) is 2.14. The monoisotopic (exact) mass is 266 g/mol. The van der Waals surface area contributed by atoms with Gasteiger partial charge >= 0.3 is 0 Å². The van der Waals surface area contributed by atoms with Gasteiger partial charge in [-0.2, -0.15) is 0 Å². The summed E-state index contributed by atoms with van der Waals surface area (Å²) in [6.07, 6.45) is 11.2. The molecule has 0 saturated heterocycles. The Hall–Kier alpha value is -0.180. The van der Waals surface area contributed by atoms with Gasteiger partial charge in [-0.15, -0.1) is 0 Å². The first-order valence-corrected chi connectivity index (χ1v) is 8.70. The molecule has 1 spiro atoms. The highest BCUT2D eigenvalue weighted by Crippen LogP contribution is 2.41. The molecule has 2 atom stereocenters. The van der Waals surface area contributed by atoms with E-state index in [1.165, 1.54) is 62.3 Å². The molecule has 1 N–H and O–H groups in total. The third-order valence-electron chi connectivity index (χ3n) is 5.16. The number of thioether (sulfide) groups is 1. The number of hydrogen-bond acceptors (Lipinski definition) is 3. The van der Waals surface area contributed by atoms with Crippen LogP contribution in [0, 0.1) is 11.3 Å². The maximum absolute atomic E-state index is 4.87. The molecule has 0 radical (unpaired) electrons. The molecule has 102 valence electrons. The van der Waals surface area contributed by atoms with Crippen LogP contribution in [0.25, 0.3) is 0 Å². The molecule has 2 fully saturated rings. The molecular weight excluding hydrogens is 240 g/mol. The number of aliphatic imine (C=N–C) groups is 1. The van der Waals surface area contributed by atoms with E-state index in [9.17, 15) is 0 Å². The van der Waals surface area contributed by atoms with E-state index in [0.29, 0.717) is 11.5 Å². The van der Waals surface area contributed by atoms with Gasteiger partial charge in [-0.3, -0.25) is 4.99 Å². The Morgan fingerprint density at radius 2 is 2.00 bits per heavy atom. The fourth-order valence-corrected chi connectivity index (χ4v) is 4.98. The zero-order valence-corrected chi connectivity index (χ0v) is 12.4. The van der Waals surface area contributed by atoms with Crippen molar-refractivity contribution < 1.29 is 0 Å². The van der Waals surface area contributed by atoms with Gasteiger partial charge in [0.2, 0.25) is 0 Å². The first kappa shape index (κ1) is 12.8. The van der Waals surface area contributed by atoms with Gasteiger partial charge in [-0.1, -0.05) is 44.4 Å². The van der Waals surface area contributed by atoms with E-state index < -0.39 is 0 Å². The van der Waals surface area contributed by atoms with Crippen LogP contribution in [0.15, 0.2) is 4.99 Å². The SMILES string of the molecule is CC1CCCC1NC1=NCC2(CCCCC2)CS1. The summed E-state index contributed by atoms with van der Waals surface area (Å²) in [4.78, 5) is 4.87. The van der Waals surface area contributed by atoms with Crippen LogP contribution in [0.2, 0.25) is 0 Å². The zero-order valence-electron chi connectivity index (χ0n) is 11.6. The van der Waals surface area contributed by atoms with Crippen molar-refractivity contribution in [3.05, 3.63) is 0 Å². The Morgan fingerprint density at radius 1 is 1.17 bits per heavy atom. The molecule has 2 saturated carbocycles. The van der Waals surface area contributed by atoms with E-state index in [0.717, 1.165) is 12.5 Å². The minimum absolute atomic E-state index is 0.565. The third kappa shape index (κ3) is 2.71. The maximum atomic E-state index is 4.87. The molecule has 0 aromatic heterocycles. The van der Waals surface area contributed by atoms with Crippen LogP contribution in [0.1, 0.15) is 58.3 Å². The summed E-state index contributed by atoms with van der Waals surface area (Å²) in [6, 6.07) is 0.691. The number of amidine groups is 1. The second kappa shape index (κ2) is 5.44. The van der Waals surface area contributed by atoms with Crippen LogP contribution in [-0.2, 0) is 0 Å². The number of nitrogens with one attached hydrogen (secondary N) is 1. The van der Waals surface area contributed by atoms with E-state index in [4.69, 9.17) is 4.99 Å². The van der Waals surface area contributed by atoms with E-state index in [-0.39, 0.29) is 0 Å². The van der Waals surface area contributed by atoms with Crippen molar-refractivity contribution >= 4 is 16.9 Å². The molecule has 18 heavy (non-hydrogen) atoms. The molecule has 1 heterocycles. The molecule has 3 rings (SSSR count). The molecule has 0 bridgehead atoms. The van der Waals surface area contributed by atoms with Crippen molar-refractivity contribution in [2.75, 3.05) is 12.3 Å². The lowest BCUT2D eigenvalue weighted by Crippen LogP contribution is -2.41. The molecule has 2 unspecified atom stereocenters. The minimum atomic E-state index is 0.565. The van der Waals surface area contributed by atoms with Gasteiger partial charge in [0, 0.05) is 18.3 Å². The van der Waals surface area contributed by atoms with Crippen LogP contribution >= 0.6 is 11.8 Å². The van der Waals surface area contributed by atoms with Crippen LogP contribution in [-0.4, -0.2) is 23.5 Å². The summed E-state index contributed by atoms with van der Waals surface area (Å²) in [7, 11) is 0. The lowest BCUT2D eigenvalue weighted by Gasteiger charge is -2.39. The highest BCUT2D eigenvalue weighted by molar-refractivity contribution is 8.13. The van der Waals surface area contributed by atoms with Crippen molar-refractivity contribution in [3.8, 4) is 0 Å². The van der Waals surface area contributed by atoms with Crippen molar-refractivity contribution in [2.24, 2.45) is 16.3 Å². The van der Waals surface area contributed by atoms with Gasteiger partial charge in [0.15, 0.2) is 5.17 Å². The zero-order chi connectivity index (χ0) is 12.4. The number of nitrogens with zero attached hydrogens (tertiary/aromatic N) is 1. The first-order chi connectivity index (χ1) is 8.77. The normalized spacial score (nSPS) is 35.5. The Kier molecular flexibility index (Phi) is 3.88. The van der Waals surface area contributed by atoms with Crippen molar-refractivity contribution in [2.45, 2.75) is 64.3 Å². The average Bonchev–Trinajstić information content (AvgIpc) is 2.79. The smallest absolute Gasteiger partial charge is 0.156 e. The molecule has 3 aliphatic rings. The summed E-state index contributed by atoms with van der Waals surface area (Å²) in [5.41, 5.74) is 0.565. The highest BCUT2D eigenvalue weighted by Gasteiger charge is 2.35. The molecule has 1 aliphatic heterocycles. The third-order valence-corrected chi connectivity index (χ3v) is 6.43. The van der Waals surface area contributed by atoms with Gasteiger partial charge in [0.05, 0.1) is 0 Å². The van der Waals surface area contributed by atoms with E-state index in [1.807, 2.05) is 11.8 Å². The lowest BCUT2D eigenvalue weighted by atomic mass is 9.75. The van der Waals surface area contributed by atoms with Crippen LogP contribution in [0.4, 0.5) is 0 Å². The van der Waals surface area contributed by atoms with Crippen LogP contribution in [0.3, 0.4) is 0 Å². The molecule has 0 aromatic rings. The Bertz CT molecular complexity index is 320. The van der Waals surface area contributed by atoms with Crippen molar-refractivity contribution in [3.63, 3.8) is 0 Å². The van der Waals surface area contributed by atoms with Crippen LogP contribution in [0.5, 0.6) is 0 Å². The molecule has 3 heteroatoms. The summed E-state index contributed by atoms with van der Waals surface area (Å²) < 4.78 is 0. The average molecular weight is 266 g/mol. The predicted octanol–water partition coefficient (Wildman–Crippen LogP) is 3.82. The topological polar surface area (TPSA) is 24.4 Å². The minimum Gasteiger partial charge on any atom is -0.362 e. The Morgan fingerprint density at radius 3 is 2.61 bits per heavy atom. The summed E-state index contributed by atoms with van der Waals surface area (Å²) in [6.45, 7) is 3.46. The number of hydrogen-bond donors (Lipinski definition) is 1. The Balaban J connectivity index is 1.56. The van der Waals surface area contributed by atoms with Gasteiger partial charge in [-0.05, 0) is 37.0 Å². The second-order valence-electron chi connectivity index (χ2n) is 6.63. The van der Waals surface area contributed by atoms with Crippen LogP contribution < -0.4 is 5.32 Å². The standard InChI is InChI=1S/C15H26N2S/c1-12-6-5-7-13(12)17-14-16-10-15(11-18-14)8-3-2-4-9-15/h12-13H,2-11H2,1H3,(H,16,17). The van der Waals surface area contributed by atoms with Crippen molar-refractivity contribution in [1.29, 1.82) is 0 Å². The van der Waals surface area contributed by atoms with Gasteiger partial charge in [-0.25, -0.2) is 0 Å². The lowest BCUT2D eigenvalue weighted by molar-refractivity contribution is 0.232. The highest BCUT2D eigenvalue weighted by atomic mass is 32.2. The predicted molar refractivity (Wildman–Crippen MR) is 80.2 cm³/mol. The van der Waals surface area contributed by atoms with Gasteiger partial charge in [0.25, 0.3) is 0 Å². The quantitative estimate of drug-likeness (QED) is 0.780. The van der Waals surface area contributed by atoms with E-state index in [2.05, 4.69) is 12.2 Å². The number of rotatable bonds is 1. The fraction of sp³-hybridized carbons (Fsp3) is 0.933. The molecule has 0 aromatic carbocycles. The van der Waals surface area contributed by atoms with E-state index >= 15 is 0 Å². The summed E-state index contributed by atoms with van der Waals surface area (Å²) >= 11 is 2.00. The second-order valence-corrected chi connectivity index (χ2v) is 7.59. The maximum Gasteiger partial charge on any atom is 0.156 e. The molecular formula is C15H26N2S. The molecule has 2 nitrogen and oxygen atoms in total. The Labute approximate surface area is 115 Å². The molecule has 0 amide bonds. The van der Waals surface area contributed by atoms with Gasteiger partial charge < -0.3 is 5.32 Å². The van der Waals surface area contributed by atoms with Gasteiger partial charge in [0.1, 0.15) is 0 Å². The van der Waals surface area contributed by atoms with Crippen molar-refractivity contribution in [1.82, 2.24) is 5.32 Å². The molecule has 2 aliphatic carbocycles. The fourth-order valence-electron chi connectivity index (χ4n) is 3.76. The summed E-state index contributed by atoms with van der Waals surface area (Å²) in [5, 5.41) is 4.94. The largest absolute Gasteiger partial charge is 0.362 e. The first-order valence-electron chi connectivity index (χ1n) is 7.71.